The number of hydrogen-bond acceptors (Lipinski definition) is 1. The van der Waals surface area contributed by atoms with Gasteiger partial charge in [0.2, 0.25) is 0 Å². The molecule has 0 saturated heterocycles. The second-order valence-electron chi connectivity index (χ2n) is 2.71. The summed E-state index contributed by atoms with van der Waals surface area (Å²) in [5.41, 5.74) is 0. The van der Waals surface area contributed by atoms with Crippen LogP contribution in [0, 0.1) is 5.92 Å². The Morgan fingerprint density at radius 3 is 2.30 bits per heavy atom. The smallest absolute Gasteiger partial charge is 0.0433 e. The summed E-state index contributed by atoms with van der Waals surface area (Å²) in [6, 6.07) is 0. The Balaban J connectivity index is 2.32. The maximum Gasteiger partial charge on any atom is 0.0433 e. The Morgan fingerprint density at radius 2 is 1.80 bits per heavy atom. The fourth-order valence-electron chi connectivity index (χ4n) is 1.21. The Kier molecular flexibility index (Phi) is 3.23. The van der Waals surface area contributed by atoms with Gasteiger partial charge in [0.1, 0.15) is 0 Å². The first-order valence-electron chi connectivity index (χ1n) is 3.86. The largest absolute Gasteiger partial charge is 0.396 e. The summed E-state index contributed by atoms with van der Waals surface area (Å²) in [4.78, 5) is 0. The molecule has 1 nitrogen and oxygen atoms in total. The first kappa shape index (κ1) is 7.55. The molecular weight excluding hydrogens is 124 g/mol. The van der Waals surface area contributed by atoms with Crippen LogP contribution < -0.4 is 0 Å². The molecule has 0 aliphatic heterocycles. The van der Waals surface area contributed by atoms with E-state index in [0.29, 0.717) is 12.5 Å². The number of aliphatic hydroxyl groups is 1. The fraction of sp³-hybridized carbons (Fsp3) is 0.556. The molecule has 0 fully saturated rings. The lowest BCUT2D eigenvalue weighted by molar-refractivity contribution is 0.258. The summed E-state index contributed by atoms with van der Waals surface area (Å²) in [5, 5.41) is 8.66. The molecule has 0 saturated carbocycles. The summed E-state index contributed by atoms with van der Waals surface area (Å²) in [6.07, 6.45) is 11.7. The van der Waals surface area contributed by atoms with Crippen molar-refractivity contribution in [3.63, 3.8) is 0 Å². The first-order valence-corrected chi connectivity index (χ1v) is 3.86. The van der Waals surface area contributed by atoms with Crippen molar-refractivity contribution < 1.29 is 5.11 Å². The van der Waals surface area contributed by atoms with Gasteiger partial charge in [-0.05, 0) is 25.2 Å². The van der Waals surface area contributed by atoms with E-state index >= 15 is 0 Å². The zero-order valence-electron chi connectivity index (χ0n) is 6.16. The molecule has 0 bridgehead atoms. The van der Waals surface area contributed by atoms with Gasteiger partial charge in [0.15, 0.2) is 0 Å². The molecule has 0 radical (unpaired) electrons. The quantitative estimate of drug-likeness (QED) is 0.617. The van der Waals surface area contributed by atoms with E-state index in [-0.39, 0.29) is 0 Å². The van der Waals surface area contributed by atoms with E-state index in [1.807, 2.05) is 0 Å². The van der Waals surface area contributed by atoms with Crippen LogP contribution in [-0.4, -0.2) is 11.7 Å². The highest BCUT2D eigenvalue weighted by Gasteiger charge is 2.04. The molecule has 0 unspecified atom stereocenters. The molecule has 0 aromatic carbocycles. The van der Waals surface area contributed by atoms with E-state index in [2.05, 4.69) is 24.3 Å². The molecule has 0 atom stereocenters. The molecule has 1 aliphatic rings. The van der Waals surface area contributed by atoms with E-state index in [1.165, 1.54) is 0 Å². The molecule has 0 amide bonds. The Hall–Kier alpha value is -0.560. The minimum Gasteiger partial charge on any atom is -0.396 e. The normalized spacial score (nSPS) is 19.3. The van der Waals surface area contributed by atoms with Crippen LogP contribution in [0.3, 0.4) is 0 Å². The van der Waals surface area contributed by atoms with Crippen molar-refractivity contribution in [1.82, 2.24) is 0 Å². The second-order valence-corrected chi connectivity index (χ2v) is 2.71. The first-order chi connectivity index (χ1) is 4.93. The highest BCUT2D eigenvalue weighted by molar-refractivity contribution is 5.06. The minimum atomic E-state index is 0.326. The van der Waals surface area contributed by atoms with Crippen LogP contribution in [0.4, 0.5) is 0 Å². The lowest BCUT2D eigenvalue weighted by atomic mass is 9.99. The average molecular weight is 138 g/mol. The molecular formula is C9H14O. The van der Waals surface area contributed by atoms with Crippen LogP contribution >= 0.6 is 0 Å². The maximum atomic E-state index is 8.66. The Morgan fingerprint density at radius 1 is 1.20 bits per heavy atom. The Bertz CT molecular complexity index is 122. The summed E-state index contributed by atoms with van der Waals surface area (Å²) in [6.45, 7) is 0.326. The zero-order chi connectivity index (χ0) is 7.23. The fourth-order valence-corrected chi connectivity index (χ4v) is 1.21. The van der Waals surface area contributed by atoms with Crippen LogP contribution in [0.25, 0.3) is 0 Å². The van der Waals surface area contributed by atoms with E-state index < -0.39 is 0 Å². The van der Waals surface area contributed by atoms with Gasteiger partial charge in [0, 0.05) is 6.61 Å². The highest BCUT2D eigenvalue weighted by atomic mass is 16.3. The molecule has 0 aromatic rings. The summed E-state index contributed by atoms with van der Waals surface area (Å²) >= 11 is 0. The van der Waals surface area contributed by atoms with Crippen LogP contribution in [0.5, 0.6) is 0 Å². The third kappa shape index (κ3) is 2.36. The Labute approximate surface area is 62.1 Å². The van der Waals surface area contributed by atoms with Gasteiger partial charge in [-0.25, -0.2) is 0 Å². The van der Waals surface area contributed by atoms with Gasteiger partial charge < -0.3 is 5.11 Å². The molecule has 1 rings (SSSR count). The van der Waals surface area contributed by atoms with E-state index in [1.54, 1.807) is 0 Å². The second kappa shape index (κ2) is 4.29. The monoisotopic (exact) mass is 138 g/mol. The number of rotatable bonds is 2. The van der Waals surface area contributed by atoms with Crippen molar-refractivity contribution in [2.45, 2.75) is 19.3 Å². The predicted molar refractivity (Wildman–Crippen MR) is 42.7 cm³/mol. The molecule has 1 N–H and O–H groups in total. The summed E-state index contributed by atoms with van der Waals surface area (Å²) in [5.74, 6) is 0.667. The molecule has 1 heteroatoms. The predicted octanol–water partition coefficient (Wildman–Crippen LogP) is 1.89. The highest BCUT2D eigenvalue weighted by Crippen LogP contribution is 2.16. The van der Waals surface area contributed by atoms with Crippen molar-refractivity contribution in [3.8, 4) is 0 Å². The van der Waals surface area contributed by atoms with Crippen molar-refractivity contribution in [2.75, 3.05) is 6.61 Å². The topological polar surface area (TPSA) is 20.2 Å². The molecule has 0 heterocycles. The average Bonchev–Trinajstić information content (AvgIpc) is 2.17. The van der Waals surface area contributed by atoms with E-state index in [4.69, 9.17) is 5.11 Å². The van der Waals surface area contributed by atoms with Gasteiger partial charge in [0.25, 0.3) is 0 Å². The van der Waals surface area contributed by atoms with Crippen molar-refractivity contribution in [2.24, 2.45) is 5.92 Å². The third-order valence-corrected chi connectivity index (χ3v) is 1.86. The van der Waals surface area contributed by atoms with Gasteiger partial charge in [-0.3, -0.25) is 0 Å². The van der Waals surface area contributed by atoms with Crippen LogP contribution in [0.1, 0.15) is 19.3 Å². The maximum absolute atomic E-state index is 8.66. The van der Waals surface area contributed by atoms with E-state index in [9.17, 15) is 0 Å². The van der Waals surface area contributed by atoms with Crippen LogP contribution in [-0.2, 0) is 0 Å². The van der Waals surface area contributed by atoms with Gasteiger partial charge in [-0.1, -0.05) is 24.3 Å². The third-order valence-electron chi connectivity index (χ3n) is 1.86. The van der Waals surface area contributed by atoms with Gasteiger partial charge in [-0.2, -0.15) is 0 Å². The number of allylic oxidation sites excluding steroid dienone is 4. The standard InChI is InChI=1S/C9H14O/c10-8-7-9-5-3-1-2-4-6-9/h1-4,9-10H,5-8H2. The SMILES string of the molecule is OCCC1CC=CC=CC1. The molecule has 0 spiro atoms. The summed E-state index contributed by atoms with van der Waals surface area (Å²) in [7, 11) is 0. The lowest BCUT2D eigenvalue weighted by Gasteiger charge is -2.08. The van der Waals surface area contributed by atoms with Crippen molar-refractivity contribution in [1.29, 1.82) is 0 Å². The van der Waals surface area contributed by atoms with Gasteiger partial charge in [0.05, 0.1) is 0 Å². The molecule has 1 aliphatic carbocycles. The lowest BCUT2D eigenvalue weighted by Crippen LogP contribution is -1.99. The summed E-state index contributed by atoms with van der Waals surface area (Å²) < 4.78 is 0. The van der Waals surface area contributed by atoms with Crippen molar-refractivity contribution >= 4 is 0 Å². The van der Waals surface area contributed by atoms with Crippen LogP contribution in [0.2, 0.25) is 0 Å². The van der Waals surface area contributed by atoms with Crippen molar-refractivity contribution in [3.05, 3.63) is 24.3 Å². The molecule has 0 aromatic heterocycles. The minimum absolute atomic E-state index is 0.326. The molecule has 10 heavy (non-hydrogen) atoms. The molecule has 56 valence electrons. The van der Waals surface area contributed by atoms with Crippen LogP contribution in [0.15, 0.2) is 24.3 Å². The van der Waals surface area contributed by atoms with Gasteiger partial charge >= 0.3 is 0 Å². The number of aliphatic hydroxyl groups excluding tert-OH is 1. The zero-order valence-corrected chi connectivity index (χ0v) is 6.16. The number of hydrogen-bond donors (Lipinski definition) is 1. The van der Waals surface area contributed by atoms with Gasteiger partial charge in [-0.15, -0.1) is 0 Å². The van der Waals surface area contributed by atoms with E-state index in [0.717, 1.165) is 19.3 Å².